The molecule has 3 rings (SSSR count). The predicted molar refractivity (Wildman–Crippen MR) is 76.6 cm³/mol. The van der Waals surface area contributed by atoms with Gasteiger partial charge in [-0.2, -0.15) is 0 Å². The van der Waals surface area contributed by atoms with Gasteiger partial charge in [0.1, 0.15) is 11.6 Å². The van der Waals surface area contributed by atoms with E-state index in [1.54, 1.807) is 12.4 Å². The number of hydrogen-bond donors (Lipinski definition) is 2. The number of fused-ring (bicyclic) bond motifs is 1. The van der Waals surface area contributed by atoms with Crippen LogP contribution in [0.3, 0.4) is 0 Å². The first kappa shape index (κ1) is 12.3. The molecule has 7 nitrogen and oxygen atoms in total. The molecule has 0 aromatic carbocycles. The number of aryl methyl sites for hydroxylation is 1. The Bertz CT molecular complexity index is 734. The third kappa shape index (κ3) is 2.37. The smallest absolute Gasteiger partial charge is 0.180 e. The van der Waals surface area contributed by atoms with Crippen LogP contribution in [0.4, 0.5) is 11.6 Å². The largest absolute Gasteiger partial charge is 0.372 e. The molecule has 2 N–H and O–H groups in total. The van der Waals surface area contributed by atoms with Crippen LogP contribution in [0.2, 0.25) is 0 Å². The lowest BCUT2D eigenvalue weighted by molar-refractivity contribution is 0.948. The second kappa shape index (κ2) is 5.12. The molecule has 0 aliphatic carbocycles. The summed E-state index contributed by atoms with van der Waals surface area (Å²) in [7, 11) is 1.84. The number of nitrogens with zero attached hydrogens (tertiary/aromatic N) is 5. The van der Waals surface area contributed by atoms with Gasteiger partial charge < -0.3 is 15.0 Å². The highest BCUT2D eigenvalue weighted by molar-refractivity contribution is 5.65. The van der Waals surface area contributed by atoms with E-state index in [0.717, 1.165) is 28.8 Å². The van der Waals surface area contributed by atoms with Crippen molar-refractivity contribution >= 4 is 17.3 Å². The summed E-state index contributed by atoms with van der Waals surface area (Å²) in [5.41, 5.74) is 1.70. The van der Waals surface area contributed by atoms with E-state index in [1.807, 2.05) is 36.8 Å². The van der Waals surface area contributed by atoms with Gasteiger partial charge in [0.15, 0.2) is 11.5 Å². The van der Waals surface area contributed by atoms with Gasteiger partial charge in [0, 0.05) is 25.6 Å². The number of rotatable bonds is 4. The maximum atomic E-state index is 4.48. The van der Waals surface area contributed by atoms with Crippen molar-refractivity contribution in [3.05, 3.63) is 42.4 Å². The van der Waals surface area contributed by atoms with E-state index >= 15 is 0 Å². The van der Waals surface area contributed by atoms with Crippen molar-refractivity contribution in [3.63, 3.8) is 0 Å². The molecule has 0 atom stereocenters. The third-order valence-corrected chi connectivity index (χ3v) is 2.90. The van der Waals surface area contributed by atoms with Gasteiger partial charge in [0.25, 0.3) is 0 Å². The summed E-state index contributed by atoms with van der Waals surface area (Å²) in [6.07, 6.45) is 7.28. The Labute approximate surface area is 116 Å². The molecule has 0 saturated heterocycles. The molecule has 0 unspecified atom stereocenters. The molecule has 0 amide bonds. The minimum atomic E-state index is 0.575. The van der Waals surface area contributed by atoms with Crippen molar-refractivity contribution in [1.82, 2.24) is 24.3 Å². The first-order chi connectivity index (χ1) is 9.76. The minimum absolute atomic E-state index is 0.575. The van der Waals surface area contributed by atoms with Gasteiger partial charge in [-0.05, 0) is 13.0 Å². The summed E-state index contributed by atoms with van der Waals surface area (Å²) < 4.78 is 1.92. The first-order valence-corrected chi connectivity index (χ1v) is 6.30. The Balaban J connectivity index is 1.88. The van der Waals surface area contributed by atoms with Crippen LogP contribution in [0.1, 0.15) is 11.5 Å². The van der Waals surface area contributed by atoms with Gasteiger partial charge in [-0.25, -0.2) is 19.9 Å². The molecule has 0 saturated carbocycles. The average molecular weight is 269 g/mol. The fraction of sp³-hybridized carbons (Fsp3) is 0.231. The Morgan fingerprint density at radius 2 is 2.10 bits per heavy atom. The highest BCUT2D eigenvalue weighted by Gasteiger charge is 2.07. The van der Waals surface area contributed by atoms with Crippen molar-refractivity contribution in [2.75, 3.05) is 17.7 Å². The van der Waals surface area contributed by atoms with Crippen molar-refractivity contribution in [1.29, 1.82) is 0 Å². The van der Waals surface area contributed by atoms with E-state index in [-0.39, 0.29) is 0 Å². The molecule has 0 bridgehead atoms. The average Bonchev–Trinajstić information content (AvgIpc) is 2.93. The normalized spacial score (nSPS) is 10.7. The summed E-state index contributed by atoms with van der Waals surface area (Å²) in [5.74, 6) is 2.25. The second-order valence-electron chi connectivity index (χ2n) is 4.33. The Kier molecular flexibility index (Phi) is 3.16. The van der Waals surface area contributed by atoms with Crippen molar-refractivity contribution < 1.29 is 0 Å². The van der Waals surface area contributed by atoms with Gasteiger partial charge in [0.2, 0.25) is 0 Å². The van der Waals surface area contributed by atoms with E-state index in [9.17, 15) is 0 Å². The lowest BCUT2D eigenvalue weighted by Gasteiger charge is -2.09. The Morgan fingerprint density at radius 1 is 1.20 bits per heavy atom. The number of aromatic nitrogens is 5. The van der Waals surface area contributed by atoms with Crippen molar-refractivity contribution in [2.24, 2.45) is 0 Å². The van der Waals surface area contributed by atoms with Crippen LogP contribution in [-0.4, -0.2) is 31.4 Å². The molecule has 0 spiro atoms. The van der Waals surface area contributed by atoms with Crippen LogP contribution in [0.15, 0.2) is 30.9 Å². The highest BCUT2D eigenvalue weighted by atomic mass is 15.1. The standard InChI is InChI=1S/C13H15N7/c1-9-15-4-3-10(18-9)7-17-12-13-16-5-6-20(13)8-11(14-2)19-12/h3-6,8,14H,7H2,1-2H3,(H,17,19). The third-order valence-electron chi connectivity index (χ3n) is 2.90. The SMILES string of the molecule is CNc1cn2ccnc2c(NCc2ccnc(C)n2)n1. The van der Waals surface area contributed by atoms with E-state index in [0.29, 0.717) is 6.54 Å². The summed E-state index contributed by atoms with van der Waals surface area (Å²) >= 11 is 0. The number of hydrogen-bond acceptors (Lipinski definition) is 6. The van der Waals surface area contributed by atoms with Crippen molar-refractivity contribution in [2.45, 2.75) is 13.5 Å². The highest BCUT2D eigenvalue weighted by Crippen LogP contribution is 2.16. The fourth-order valence-corrected chi connectivity index (χ4v) is 1.95. The van der Waals surface area contributed by atoms with E-state index in [1.165, 1.54) is 0 Å². The lowest BCUT2D eigenvalue weighted by atomic mass is 10.4. The van der Waals surface area contributed by atoms with E-state index in [2.05, 4.69) is 30.6 Å². The summed E-state index contributed by atoms with van der Waals surface area (Å²) in [4.78, 5) is 17.2. The molecule has 3 aromatic heterocycles. The molecule has 0 fully saturated rings. The zero-order valence-corrected chi connectivity index (χ0v) is 11.3. The molecular formula is C13H15N7. The minimum Gasteiger partial charge on any atom is -0.372 e. The van der Waals surface area contributed by atoms with Gasteiger partial charge in [0.05, 0.1) is 18.4 Å². The molecule has 0 radical (unpaired) electrons. The maximum Gasteiger partial charge on any atom is 0.180 e. The van der Waals surface area contributed by atoms with Crippen LogP contribution in [0.25, 0.3) is 5.65 Å². The molecule has 0 aliphatic rings. The van der Waals surface area contributed by atoms with Gasteiger partial charge in [-0.1, -0.05) is 0 Å². The molecule has 3 heterocycles. The molecular weight excluding hydrogens is 254 g/mol. The first-order valence-electron chi connectivity index (χ1n) is 6.30. The van der Waals surface area contributed by atoms with Crippen LogP contribution in [0.5, 0.6) is 0 Å². The fourth-order valence-electron chi connectivity index (χ4n) is 1.95. The molecule has 0 aliphatic heterocycles. The number of anilines is 2. The van der Waals surface area contributed by atoms with Crippen LogP contribution in [0, 0.1) is 6.92 Å². The van der Waals surface area contributed by atoms with Crippen LogP contribution < -0.4 is 10.6 Å². The zero-order valence-electron chi connectivity index (χ0n) is 11.3. The maximum absolute atomic E-state index is 4.48. The summed E-state index contributed by atoms with van der Waals surface area (Å²) in [6.45, 7) is 2.45. The Morgan fingerprint density at radius 3 is 2.90 bits per heavy atom. The van der Waals surface area contributed by atoms with E-state index in [4.69, 9.17) is 0 Å². The second-order valence-corrected chi connectivity index (χ2v) is 4.33. The van der Waals surface area contributed by atoms with Gasteiger partial charge >= 0.3 is 0 Å². The quantitative estimate of drug-likeness (QED) is 0.747. The lowest BCUT2D eigenvalue weighted by Crippen LogP contribution is -2.07. The zero-order chi connectivity index (χ0) is 13.9. The van der Waals surface area contributed by atoms with E-state index < -0.39 is 0 Å². The van der Waals surface area contributed by atoms with Crippen molar-refractivity contribution in [3.8, 4) is 0 Å². The molecule has 20 heavy (non-hydrogen) atoms. The monoisotopic (exact) mass is 269 g/mol. The van der Waals surface area contributed by atoms with Gasteiger partial charge in [-0.3, -0.25) is 0 Å². The summed E-state index contributed by atoms with van der Waals surface area (Å²) in [5, 5.41) is 6.30. The molecule has 102 valence electrons. The predicted octanol–water partition coefficient (Wildman–Crippen LogP) is 1.48. The molecule has 3 aromatic rings. The Hall–Kier alpha value is -2.70. The molecule has 7 heteroatoms. The van der Waals surface area contributed by atoms with Gasteiger partial charge in [-0.15, -0.1) is 0 Å². The topological polar surface area (TPSA) is 80.0 Å². The van der Waals surface area contributed by atoms with Crippen LogP contribution in [-0.2, 0) is 6.54 Å². The summed E-state index contributed by atoms with van der Waals surface area (Å²) in [6, 6.07) is 1.88. The number of nitrogens with one attached hydrogen (secondary N) is 2. The van der Waals surface area contributed by atoms with Crippen LogP contribution >= 0.6 is 0 Å². The number of imidazole rings is 1.